The van der Waals surface area contributed by atoms with Gasteiger partial charge in [-0.2, -0.15) is 0 Å². The molecular formula is C18H22N4S. The fourth-order valence-electron chi connectivity index (χ4n) is 2.75. The van der Waals surface area contributed by atoms with Crippen LogP contribution in [-0.2, 0) is 6.54 Å². The third kappa shape index (κ3) is 3.51. The highest BCUT2D eigenvalue weighted by molar-refractivity contribution is 7.11. The van der Waals surface area contributed by atoms with Gasteiger partial charge in [0.25, 0.3) is 0 Å². The van der Waals surface area contributed by atoms with Gasteiger partial charge >= 0.3 is 0 Å². The number of nitrogens with zero attached hydrogens (tertiary/aromatic N) is 4. The fraction of sp³-hybridized carbons (Fsp3) is 0.333. The molecule has 0 spiro atoms. The predicted octanol–water partition coefficient (Wildman–Crippen LogP) is 4.14. The summed E-state index contributed by atoms with van der Waals surface area (Å²) in [4.78, 5) is 12.4. The quantitative estimate of drug-likeness (QED) is 0.706. The second-order valence-electron chi connectivity index (χ2n) is 5.90. The maximum Gasteiger partial charge on any atom is 0.0991 e. The van der Waals surface area contributed by atoms with Crippen LogP contribution in [0.5, 0.6) is 0 Å². The molecule has 2 heterocycles. The Morgan fingerprint density at radius 3 is 2.52 bits per heavy atom. The molecule has 120 valence electrons. The largest absolute Gasteiger partial charge is 0.306 e. The van der Waals surface area contributed by atoms with Crippen LogP contribution in [0.15, 0.2) is 43.0 Å². The van der Waals surface area contributed by atoms with Crippen molar-refractivity contribution in [3.63, 3.8) is 0 Å². The number of rotatable bonds is 5. The van der Waals surface area contributed by atoms with Crippen LogP contribution >= 0.6 is 11.3 Å². The molecule has 0 bridgehead atoms. The lowest BCUT2D eigenvalue weighted by atomic mass is 10.1. The minimum atomic E-state index is 0.313. The molecule has 0 amide bonds. The van der Waals surface area contributed by atoms with Gasteiger partial charge in [-0.05, 0) is 45.5 Å². The molecule has 4 nitrogen and oxygen atoms in total. The van der Waals surface area contributed by atoms with Crippen LogP contribution in [-0.4, -0.2) is 26.5 Å². The van der Waals surface area contributed by atoms with Gasteiger partial charge in [-0.3, -0.25) is 4.90 Å². The van der Waals surface area contributed by atoms with Crippen LogP contribution in [0.3, 0.4) is 0 Å². The normalized spacial score (nSPS) is 12.7. The first kappa shape index (κ1) is 15.9. The standard InChI is InChI=1S/C18H22N4S/c1-13(18-14(2)23-15(3)20-18)21(4)11-16-5-7-17(8-6-16)22-10-9-19-12-22/h5-10,12-13H,11H2,1-4H3. The van der Waals surface area contributed by atoms with Gasteiger partial charge in [0.1, 0.15) is 0 Å². The van der Waals surface area contributed by atoms with E-state index in [1.54, 1.807) is 17.5 Å². The Morgan fingerprint density at radius 1 is 1.22 bits per heavy atom. The Labute approximate surface area is 141 Å². The summed E-state index contributed by atoms with van der Waals surface area (Å²) in [6, 6.07) is 8.94. The predicted molar refractivity (Wildman–Crippen MR) is 95.0 cm³/mol. The number of hydrogen-bond acceptors (Lipinski definition) is 4. The van der Waals surface area contributed by atoms with Crippen LogP contribution < -0.4 is 0 Å². The van der Waals surface area contributed by atoms with Crippen LogP contribution in [0.2, 0.25) is 0 Å². The smallest absolute Gasteiger partial charge is 0.0991 e. The summed E-state index contributed by atoms with van der Waals surface area (Å²) in [7, 11) is 2.16. The molecule has 23 heavy (non-hydrogen) atoms. The minimum absolute atomic E-state index is 0.313. The van der Waals surface area contributed by atoms with E-state index in [1.165, 1.54) is 16.1 Å². The maximum absolute atomic E-state index is 4.69. The third-order valence-electron chi connectivity index (χ3n) is 4.17. The number of benzene rings is 1. The molecule has 1 aromatic carbocycles. The molecule has 3 rings (SSSR count). The van der Waals surface area contributed by atoms with Crippen LogP contribution in [0.25, 0.3) is 5.69 Å². The van der Waals surface area contributed by atoms with Gasteiger partial charge in [0.2, 0.25) is 0 Å². The Balaban J connectivity index is 1.70. The van der Waals surface area contributed by atoms with Crippen LogP contribution in [0.1, 0.15) is 34.1 Å². The van der Waals surface area contributed by atoms with Gasteiger partial charge in [-0.15, -0.1) is 11.3 Å². The summed E-state index contributed by atoms with van der Waals surface area (Å²) in [5.41, 5.74) is 3.63. The minimum Gasteiger partial charge on any atom is -0.306 e. The zero-order valence-corrected chi connectivity index (χ0v) is 14.8. The van der Waals surface area contributed by atoms with Crippen molar-refractivity contribution in [1.82, 2.24) is 19.4 Å². The molecule has 2 aromatic heterocycles. The molecule has 0 aliphatic heterocycles. The molecule has 0 N–H and O–H groups in total. The fourth-order valence-corrected chi connectivity index (χ4v) is 3.66. The molecule has 0 radical (unpaired) electrons. The van der Waals surface area contributed by atoms with Crippen molar-refractivity contribution >= 4 is 11.3 Å². The summed E-state index contributed by atoms with van der Waals surface area (Å²) < 4.78 is 2.01. The number of aryl methyl sites for hydroxylation is 2. The van der Waals surface area contributed by atoms with Crippen molar-refractivity contribution in [3.05, 3.63) is 64.1 Å². The second-order valence-corrected chi connectivity index (χ2v) is 7.31. The molecule has 0 aliphatic rings. The summed E-state index contributed by atoms with van der Waals surface area (Å²) in [6.45, 7) is 7.36. The van der Waals surface area contributed by atoms with Gasteiger partial charge < -0.3 is 4.57 Å². The van der Waals surface area contributed by atoms with Gasteiger partial charge in [-0.1, -0.05) is 12.1 Å². The van der Waals surface area contributed by atoms with E-state index < -0.39 is 0 Å². The van der Waals surface area contributed by atoms with Gasteiger partial charge in [0.05, 0.1) is 23.1 Å². The Hall–Kier alpha value is -1.98. The van der Waals surface area contributed by atoms with Gasteiger partial charge in [-0.25, -0.2) is 9.97 Å². The lowest BCUT2D eigenvalue weighted by Crippen LogP contribution is -2.22. The van der Waals surface area contributed by atoms with Crippen molar-refractivity contribution in [2.45, 2.75) is 33.4 Å². The first-order valence-corrected chi connectivity index (χ1v) is 8.57. The molecule has 1 atom stereocenters. The second kappa shape index (κ2) is 6.64. The zero-order valence-electron chi connectivity index (χ0n) is 14.0. The Morgan fingerprint density at radius 2 is 1.96 bits per heavy atom. The van der Waals surface area contributed by atoms with Crippen LogP contribution in [0.4, 0.5) is 0 Å². The van der Waals surface area contributed by atoms with Gasteiger partial charge in [0, 0.05) is 29.5 Å². The van der Waals surface area contributed by atoms with E-state index in [0.29, 0.717) is 6.04 Å². The van der Waals surface area contributed by atoms with Crippen molar-refractivity contribution < 1.29 is 0 Å². The van der Waals surface area contributed by atoms with E-state index in [-0.39, 0.29) is 0 Å². The molecule has 3 aromatic rings. The number of aromatic nitrogens is 3. The molecule has 0 fully saturated rings. The number of hydrogen-bond donors (Lipinski definition) is 0. The first-order valence-electron chi connectivity index (χ1n) is 7.76. The van der Waals surface area contributed by atoms with E-state index in [0.717, 1.165) is 17.2 Å². The number of imidazole rings is 1. The number of thiazole rings is 1. The lowest BCUT2D eigenvalue weighted by molar-refractivity contribution is 0.248. The summed E-state index contributed by atoms with van der Waals surface area (Å²) in [6.07, 6.45) is 5.56. The van der Waals surface area contributed by atoms with E-state index in [1.807, 2.05) is 17.1 Å². The molecule has 1 unspecified atom stereocenters. The maximum atomic E-state index is 4.69. The highest BCUT2D eigenvalue weighted by Crippen LogP contribution is 2.27. The van der Waals surface area contributed by atoms with E-state index >= 15 is 0 Å². The lowest BCUT2D eigenvalue weighted by Gasteiger charge is -2.24. The third-order valence-corrected chi connectivity index (χ3v) is 5.07. The van der Waals surface area contributed by atoms with Crippen molar-refractivity contribution in [2.75, 3.05) is 7.05 Å². The summed E-state index contributed by atoms with van der Waals surface area (Å²) >= 11 is 1.78. The van der Waals surface area contributed by atoms with E-state index in [2.05, 4.69) is 67.0 Å². The van der Waals surface area contributed by atoms with Crippen molar-refractivity contribution in [3.8, 4) is 5.69 Å². The Kier molecular flexibility index (Phi) is 4.59. The van der Waals surface area contributed by atoms with E-state index in [4.69, 9.17) is 0 Å². The summed E-state index contributed by atoms with van der Waals surface area (Å²) in [5, 5.41) is 1.14. The molecule has 0 saturated carbocycles. The zero-order chi connectivity index (χ0) is 16.4. The first-order chi connectivity index (χ1) is 11.0. The SMILES string of the molecule is Cc1nc(C(C)N(C)Cc2ccc(-n3ccnc3)cc2)c(C)s1. The molecule has 0 aliphatic carbocycles. The van der Waals surface area contributed by atoms with Crippen LogP contribution in [0, 0.1) is 13.8 Å². The monoisotopic (exact) mass is 326 g/mol. The van der Waals surface area contributed by atoms with E-state index in [9.17, 15) is 0 Å². The van der Waals surface area contributed by atoms with Crippen molar-refractivity contribution in [2.24, 2.45) is 0 Å². The highest BCUT2D eigenvalue weighted by Gasteiger charge is 2.17. The topological polar surface area (TPSA) is 34.0 Å². The van der Waals surface area contributed by atoms with Crippen molar-refractivity contribution in [1.29, 1.82) is 0 Å². The average Bonchev–Trinajstić information content (AvgIpc) is 3.17. The Bertz CT molecular complexity index is 759. The highest BCUT2D eigenvalue weighted by atomic mass is 32.1. The average molecular weight is 326 g/mol. The summed E-state index contributed by atoms with van der Waals surface area (Å²) in [5.74, 6) is 0. The molecule has 5 heteroatoms. The molecule has 0 saturated heterocycles. The molecular weight excluding hydrogens is 304 g/mol. The van der Waals surface area contributed by atoms with Gasteiger partial charge in [0.15, 0.2) is 0 Å².